The molecule has 3 fully saturated rings. The maximum Gasteiger partial charge on any atom is 0.280 e. The monoisotopic (exact) mass is 643 g/mol. The zero-order chi connectivity index (χ0) is 34.1. The van der Waals surface area contributed by atoms with Crippen molar-refractivity contribution in [2.24, 2.45) is 5.92 Å². The molecule has 1 aliphatic heterocycles. The van der Waals surface area contributed by atoms with Crippen LogP contribution < -0.4 is 10.1 Å². The Labute approximate surface area is 294 Å². The lowest BCUT2D eigenvalue weighted by Gasteiger charge is -2.40. The highest BCUT2D eigenvalue weighted by Gasteiger charge is 2.49. The van der Waals surface area contributed by atoms with Gasteiger partial charge in [-0.25, -0.2) is 0 Å². The molecular weight excluding hydrogens is 579 g/mol. The molecule has 3 aromatic rings. The SMILES string of the molecule is C=C1NB(C2CCCCC2)[C@H](C2CCCCC2)N1c1c(-c2c(C(C)C)cccc2C(C)C)cccc1-c1c(C(C)C)cccc1C(C)C. The molecule has 6 rings (SSSR count). The van der Waals surface area contributed by atoms with Gasteiger partial charge >= 0.3 is 0 Å². The normalized spacial score (nSPS) is 19.8. The first kappa shape index (κ1) is 34.9. The van der Waals surface area contributed by atoms with E-state index in [0.29, 0.717) is 48.2 Å². The van der Waals surface area contributed by atoms with Gasteiger partial charge in [0.2, 0.25) is 0 Å². The van der Waals surface area contributed by atoms with Crippen LogP contribution in [0.2, 0.25) is 5.82 Å². The first-order valence-electron chi connectivity index (χ1n) is 19.7. The van der Waals surface area contributed by atoms with Crippen molar-refractivity contribution in [2.45, 2.75) is 155 Å². The number of rotatable bonds is 9. The van der Waals surface area contributed by atoms with Gasteiger partial charge in [0.25, 0.3) is 6.85 Å². The number of hydrogen-bond donors (Lipinski definition) is 1. The van der Waals surface area contributed by atoms with Crippen LogP contribution in [-0.4, -0.2) is 12.8 Å². The van der Waals surface area contributed by atoms with Gasteiger partial charge in [0.05, 0.1) is 11.5 Å². The van der Waals surface area contributed by atoms with Crippen molar-refractivity contribution in [3.05, 3.63) is 89.3 Å². The van der Waals surface area contributed by atoms with E-state index in [9.17, 15) is 0 Å². The molecule has 0 amide bonds. The van der Waals surface area contributed by atoms with Gasteiger partial charge in [0, 0.05) is 17.1 Å². The Kier molecular flexibility index (Phi) is 10.8. The van der Waals surface area contributed by atoms with Crippen LogP contribution in [0.1, 0.15) is 166 Å². The lowest BCUT2D eigenvalue weighted by molar-refractivity contribution is 0.340. The topological polar surface area (TPSA) is 15.3 Å². The molecule has 0 aromatic heterocycles. The Morgan fingerprint density at radius 1 is 0.583 bits per heavy atom. The van der Waals surface area contributed by atoms with Crippen LogP contribution in [0.15, 0.2) is 67.0 Å². The minimum absolute atomic E-state index is 0.420. The van der Waals surface area contributed by atoms with Crippen LogP contribution in [0.5, 0.6) is 0 Å². The Hall–Kier alpha value is -2.94. The van der Waals surface area contributed by atoms with Gasteiger partial charge in [-0.2, -0.15) is 0 Å². The first-order valence-corrected chi connectivity index (χ1v) is 19.7. The van der Waals surface area contributed by atoms with Gasteiger partial charge in [-0.05, 0) is 81.6 Å². The fraction of sp³-hybridized carbons (Fsp3) is 0.556. The van der Waals surface area contributed by atoms with Gasteiger partial charge in [-0.15, -0.1) is 0 Å². The molecule has 2 nitrogen and oxygen atoms in total. The number of anilines is 1. The summed E-state index contributed by atoms with van der Waals surface area (Å²) in [6, 6.07) is 21.4. The largest absolute Gasteiger partial charge is 0.413 e. The third kappa shape index (κ3) is 6.65. The highest BCUT2D eigenvalue weighted by molar-refractivity contribution is 6.62. The summed E-state index contributed by atoms with van der Waals surface area (Å²) < 4.78 is 0. The minimum atomic E-state index is 0.420. The molecule has 1 saturated heterocycles. The van der Waals surface area contributed by atoms with Crippen LogP contribution in [0, 0.1) is 5.92 Å². The molecular formula is C45H63BN2. The second kappa shape index (κ2) is 14.9. The molecule has 2 aliphatic carbocycles. The maximum atomic E-state index is 4.92. The maximum absolute atomic E-state index is 4.92. The van der Waals surface area contributed by atoms with Crippen LogP contribution >= 0.6 is 0 Å². The molecule has 3 aromatic carbocycles. The molecule has 1 atom stereocenters. The molecule has 3 aliphatic rings. The van der Waals surface area contributed by atoms with E-state index < -0.39 is 0 Å². The lowest BCUT2D eigenvalue weighted by atomic mass is 9.41. The van der Waals surface area contributed by atoms with E-state index in [0.717, 1.165) is 5.82 Å². The second-order valence-electron chi connectivity index (χ2n) is 16.7. The molecule has 256 valence electrons. The Balaban J connectivity index is 1.70. The zero-order valence-electron chi connectivity index (χ0n) is 31.5. The predicted molar refractivity (Wildman–Crippen MR) is 211 cm³/mol. The van der Waals surface area contributed by atoms with E-state index in [1.54, 1.807) is 0 Å². The fourth-order valence-corrected chi connectivity index (χ4v) is 9.77. The van der Waals surface area contributed by atoms with Crippen molar-refractivity contribution in [2.75, 3.05) is 4.90 Å². The number of benzene rings is 3. The summed E-state index contributed by atoms with van der Waals surface area (Å²) in [5.41, 5.74) is 12.9. The van der Waals surface area contributed by atoms with Gasteiger partial charge in [-0.3, -0.25) is 0 Å². The fourth-order valence-electron chi connectivity index (χ4n) is 9.77. The quantitative estimate of drug-likeness (QED) is 0.234. The summed E-state index contributed by atoms with van der Waals surface area (Å²) in [6.07, 6.45) is 13.6. The highest BCUT2D eigenvalue weighted by atomic mass is 15.3. The summed E-state index contributed by atoms with van der Waals surface area (Å²) in [5.74, 6) is 4.63. The third-order valence-corrected chi connectivity index (χ3v) is 12.1. The number of nitrogens with one attached hydrogen (secondary N) is 1. The lowest BCUT2D eigenvalue weighted by Crippen LogP contribution is -2.49. The number of para-hydroxylation sites is 1. The van der Waals surface area contributed by atoms with Crippen LogP contribution in [0.25, 0.3) is 22.3 Å². The van der Waals surface area contributed by atoms with Gasteiger partial charge < -0.3 is 10.1 Å². The summed E-state index contributed by atoms with van der Waals surface area (Å²) in [5, 5.41) is 4.16. The summed E-state index contributed by atoms with van der Waals surface area (Å²) in [4.78, 5) is 2.79. The number of hydrogen-bond acceptors (Lipinski definition) is 2. The van der Waals surface area contributed by atoms with Crippen LogP contribution in [0.3, 0.4) is 0 Å². The van der Waals surface area contributed by atoms with E-state index in [-0.39, 0.29) is 0 Å². The van der Waals surface area contributed by atoms with Gasteiger partial charge in [-0.1, -0.05) is 168 Å². The van der Waals surface area contributed by atoms with Crippen molar-refractivity contribution in [1.82, 2.24) is 5.23 Å². The average molecular weight is 643 g/mol. The standard InChI is InChI=1S/C45H63BN2/c1-29(2)36-23-16-24-37(30(3)4)42(36)40-27-18-28-41(43-38(31(5)6)25-17-26-39(43)32(7)8)44(40)48-33(9)47-46(35-21-14-11-15-22-35)45(48)34-19-12-10-13-20-34/h16-18,23-32,34-35,45,47H,9-15,19-22H2,1-8H3/t45-/m0/s1. The molecule has 2 saturated carbocycles. The van der Waals surface area contributed by atoms with E-state index in [1.165, 1.54) is 114 Å². The molecule has 1 N–H and O–H groups in total. The number of nitrogens with zero attached hydrogens (tertiary/aromatic N) is 1. The second-order valence-corrected chi connectivity index (χ2v) is 16.7. The summed E-state index contributed by atoms with van der Waals surface area (Å²) in [7, 11) is 0. The van der Waals surface area contributed by atoms with E-state index in [1.807, 2.05) is 0 Å². The third-order valence-electron chi connectivity index (χ3n) is 12.1. The first-order chi connectivity index (χ1) is 23.1. The predicted octanol–water partition coefficient (Wildman–Crippen LogP) is 13.2. The molecule has 0 unspecified atom stereocenters. The Bertz CT molecular complexity index is 1440. The van der Waals surface area contributed by atoms with Gasteiger partial charge in [0.1, 0.15) is 0 Å². The van der Waals surface area contributed by atoms with Crippen molar-refractivity contribution in [3.8, 4) is 22.3 Å². The smallest absolute Gasteiger partial charge is 0.280 e. The minimum Gasteiger partial charge on any atom is -0.413 e. The Morgan fingerprint density at radius 3 is 1.40 bits per heavy atom. The van der Waals surface area contributed by atoms with E-state index in [2.05, 4.69) is 120 Å². The molecule has 3 heteroatoms. The van der Waals surface area contributed by atoms with E-state index >= 15 is 0 Å². The van der Waals surface area contributed by atoms with Crippen molar-refractivity contribution in [3.63, 3.8) is 0 Å². The van der Waals surface area contributed by atoms with Crippen molar-refractivity contribution < 1.29 is 0 Å². The van der Waals surface area contributed by atoms with Crippen molar-refractivity contribution in [1.29, 1.82) is 0 Å². The zero-order valence-corrected chi connectivity index (χ0v) is 31.5. The van der Waals surface area contributed by atoms with Gasteiger partial charge in [0.15, 0.2) is 0 Å². The molecule has 0 spiro atoms. The molecule has 0 radical (unpaired) electrons. The van der Waals surface area contributed by atoms with E-state index in [4.69, 9.17) is 6.58 Å². The summed E-state index contributed by atoms with van der Waals surface area (Å²) >= 11 is 0. The van der Waals surface area contributed by atoms with Crippen LogP contribution in [-0.2, 0) is 0 Å². The Morgan fingerprint density at radius 2 is 0.979 bits per heavy atom. The van der Waals surface area contributed by atoms with Crippen LogP contribution in [0.4, 0.5) is 5.69 Å². The van der Waals surface area contributed by atoms with Crippen molar-refractivity contribution >= 4 is 12.5 Å². The average Bonchev–Trinajstić information content (AvgIpc) is 3.44. The molecule has 1 heterocycles. The summed E-state index contributed by atoms with van der Waals surface area (Å²) in [6.45, 7) is 24.4. The highest BCUT2D eigenvalue weighted by Crippen LogP contribution is 2.52. The molecule has 0 bridgehead atoms. The molecule has 48 heavy (non-hydrogen) atoms.